The molecule has 0 atom stereocenters. The zero-order chi connectivity index (χ0) is 15.1. The summed E-state index contributed by atoms with van der Waals surface area (Å²) in [6, 6.07) is 3.67. The molecular weight excluding hydrogens is 342 g/mol. The number of aryl methyl sites for hydroxylation is 1. The molecule has 0 radical (unpaired) electrons. The molecule has 0 saturated heterocycles. The van der Waals surface area contributed by atoms with Gasteiger partial charge >= 0.3 is 0 Å². The fourth-order valence-corrected chi connectivity index (χ4v) is 2.47. The number of nitrogens with zero attached hydrogens (tertiary/aromatic N) is 1. The fraction of sp³-hybridized carbons (Fsp3) is 0.0667. The molecule has 0 fully saturated rings. The third kappa shape index (κ3) is 2.35. The number of benzene rings is 1. The number of hydrogen-bond acceptors (Lipinski definition) is 2. The molecule has 1 aromatic carbocycles. The van der Waals surface area contributed by atoms with Crippen molar-refractivity contribution in [3.05, 3.63) is 63.4 Å². The van der Waals surface area contributed by atoms with Gasteiger partial charge in [-0.1, -0.05) is 0 Å². The first kappa shape index (κ1) is 13.9. The number of ketones is 1. The predicted octanol–water partition coefficient (Wildman–Crippen LogP) is 4.14. The summed E-state index contributed by atoms with van der Waals surface area (Å²) in [5.74, 6) is -2.06. The number of nitrogens with one attached hydrogen (secondary N) is 1. The summed E-state index contributed by atoms with van der Waals surface area (Å²) < 4.78 is 27.9. The van der Waals surface area contributed by atoms with Gasteiger partial charge in [0.2, 0.25) is 0 Å². The topological polar surface area (TPSA) is 45.8 Å². The van der Waals surface area contributed by atoms with Crippen molar-refractivity contribution in [1.29, 1.82) is 0 Å². The van der Waals surface area contributed by atoms with Crippen LogP contribution in [0.5, 0.6) is 0 Å². The van der Waals surface area contributed by atoms with Crippen molar-refractivity contribution in [3.8, 4) is 0 Å². The Morgan fingerprint density at radius 2 is 1.95 bits per heavy atom. The van der Waals surface area contributed by atoms with Gasteiger partial charge in [0, 0.05) is 33.9 Å². The van der Waals surface area contributed by atoms with Crippen LogP contribution in [0.1, 0.15) is 21.5 Å². The number of H-pyrrole nitrogens is 1. The Morgan fingerprint density at radius 1 is 1.19 bits per heavy atom. The first-order valence-electron chi connectivity index (χ1n) is 6.10. The molecular formula is C15H9BrF2N2O. The van der Waals surface area contributed by atoms with Crippen LogP contribution in [0.3, 0.4) is 0 Å². The lowest BCUT2D eigenvalue weighted by Crippen LogP contribution is -2.05. The molecule has 21 heavy (non-hydrogen) atoms. The van der Waals surface area contributed by atoms with Gasteiger partial charge in [-0.05, 0) is 40.5 Å². The van der Waals surface area contributed by atoms with Crippen LogP contribution in [-0.4, -0.2) is 15.8 Å². The van der Waals surface area contributed by atoms with Gasteiger partial charge in [-0.2, -0.15) is 0 Å². The average molecular weight is 351 g/mol. The van der Waals surface area contributed by atoms with Crippen molar-refractivity contribution < 1.29 is 13.6 Å². The summed E-state index contributed by atoms with van der Waals surface area (Å²) >= 11 is 3.28. The van der Waals surface area contributed by atoms with Crippen molar-refractivity contribution in [3.63, 3.8) is 0 Å². The molecule has 0 aliphatic rings. The van der Waals surface area contributed by atoms with E-state index in [1.807, 2.05) is 0 Å². The molecule has 2 heterocycles. The number of aromatic amines is 1. The first-order valence-corrected chi connectivity index (χ1v) is 6.89. The molecule has 0 spiro atoms. The summed E-state index contributed by atoms with van der Waals surface area (Å²) in [5, 5.41) is 0.579. The lowest BCUT2D eigenvalue weighted by molar-refractivity contribution is 0.103. The average Bonchev–Trinajstić information content (AvgIpc) is 2.85. The van der Waals surface area contributed by atoms with Crippen molar-refractivity contribution in [2.75, 3.05) is 0 Å². The van der Waals surface area contributed by atoms with E-state index in [1.54, 1.807) is 12.3 Å². The number of pyridine rings is 1. The summed E-state index contributed by atoms with van der Waals surface area (Å²) in [7, 11) is 0. The van der Waals surface area contributed by atoms with Gasteiger partial charge in [-0.15, -0.1) is 0 Å². The zero-order valence-corrected chi connectivity index (χ0v) is 12.5. The predicted molar refractivity (Wildman–Crippen MR) is 78.3 cm³/mol. The van der Waals surface area contributed by atoms with E-state index in [9.17, 15) is 13.6 Å². The van der Waals surface area contributed by atoms with Crippen molar-refractivity contribution >= 4 is 32.7 Å². The maximum atomic E-state index is 13.9. The molecule has 3 nitrogen and oxygen atoms in total. The van der Waals surface area contributed by atoms with Crippen LogP contribution in [0, 0.1) is 18.6 Å². The minimum atomic E-state index is -0.875. The Balaban J connectivity index is 2.17. The number of aromatic nitrogens is 2. The number of carbonyl (C=O) groups is 1. The molecule has 0 bridgehead atoms. The number of carbonyl (C=O) groups excluding carboxylic acids is 1. The van der Waals surface area contributed by atoms with Crippen LogP contribution < -0.4 is 0 Å². The van der Waals surface area contributed by atoms with Gasteiger partial charge in [0.05, 0.1) is 5.56 Å². The Hall–Kier alpha value is -2.08. The molecule has 1 N–H and O–H groups in total. The summed E-state index contributed by atoms with van der Waals surface area (Å²) in [5.41, 5.74) is 0.887. The minimum absolute atomic E-state index is 0.158. The number of rotatable bonds is 2. The molecule has 0 saturated carbocycles. The minimum Gasteiger partial charge on any atom is -0.345 e. The van der Waals surface area contributed by atoms with Gasteiger partial charge in [0.25, 0.3) is 0 Å². The van der Waals surface area contributed by atoms with E-state index in [0.29, 0.717) is 21.1 Å². The normalized spacial score (nSPS) is 11.0. The highest BCUT2D eigenvalue weighted by Gasteiger charge is 2.20. The molecule has 3 rings (SSSR count). The standard InChI is InChI=1S/C15H9BrF2N2O/c1-7-2-10(13(18)4-12(7)17)14(21)11-6-20-15-9(11)3-8(16)5-19-15/h2-6H,1H3,(H,19,20). The van der Waals surface area contributed by atoms with Crippen LogP contribution in [0.4, 0.5) is 8.78 Å². The maximum absolute atomic E-state index is 13.9. The lowest BCUT2D eigenvalue weighted by Gasteiger charge is -2.04. The van der Waals surface area contributed by atoms with Crippen LogP contribution >= 0.6 is 15.9 Å². The Labute approximate surface area is 127 Å². The highest BCUT2D eigenvalue weighted by molar-refractivity contribution is 9.10. The largest absolute Gasteiger partial charge is 0.345 e. The Morgan fingerprint density at radius 3 is 2.71 bits per heavy atom. The number of hydrogen-bond donors (Lipinski definition) is 1. The maximum Gasteiger partial charge on any atom is 0.198 e. The fourth-order valence-electron chi connectivity index (χ4n) is 2.14. The second-order valence-corrected chi connectivity index (χ2v) is 5.58. The summed E-state index contributed by atoms with van der Waals surface area (Å²) in [6.07, 6.45) is 3.07. The third-order valence-corrected chi connectivity index (χ3v) is 3.67. The smallest absolute Gasteiger partial charge is 0.198 e. The highest BCUT2D eigenvalue weighted by Crippen LogP contribution is 2.24. The molecule has 0 unspecified atom stereocenters. The monoisotopic (exact) mass is 350 g/mol. The molecule has 0 amide bonds. The van der Waals surface area contributed by atoms with Gasteiger partial charge in [-0.25, -0.2) is 13.8 Å². The Bertz CT molecular complexity index is 873. The zero-order valence-electron chi connectivity index (χ0n) is 10.9. The Kier molecular flexibility index (Phi) is 3.33. The number of halogens is 3. The molecule has 0 aliphatic carbocycles. The van der Waals surface area contributed by atoms with E-state index in [1.165, 1.54) is 19.2 Å². The van der Waals surface area contributed by atoms with Crippen molar-refractivity contribution in [1.82, 2.24) is 9.97 Å². The van der Waals surface area contributed by atoms with E-state index in [2.05, 4.69) is 25.9 Å². The van der Waals surface area contributed by atoms with Crippen molar-refractivity contribution in [2.45, 2.75) is 6.92 Å². The molecule has 0 aliphatic heterocycles. The summed E-state index contributed by atoms with van der Waals surface area (Å²) in [4.78, 5) is 19.5. The quantitative estimate of drug-likeness (QED) is 0.706. The summed E-state index contributed by atoms with van der Waals surface area (Å²) in [6.45, 7) is 1.49. The molecule has 2 aromatic heterocycles. The third-order valence-electron chi connectivity index (χ3n) is 3.24. The second kappa shape index (κ2) is 5.04. The van der Waals surface area contributed by atoms with Crippen LogP contribution in [0.15, 0.2) is 35.1 Å². The molecule has 6 heteroatoms. The van der Waals surface area contributed by atoms with Crippen LogP contribution in [0.2, 0.25) is 0 Å². The van der Waals surface area contributed by atoms with Gasteiger partial charge < -0.3 is 4.98 Å². The van der Waals surface area contributed by atoms with E-state index < -0.39 is 17.4 Å². The van der Waals surface area contributed by atoms with E-state index >= 15 is 0 Å². The van der Waals surface area contributed by atoms with E-state index in [4.69, 9.17) is 0 Å². The molecule has 3 aromatic rings. The van der Waals surface area contributed by atoms with E-state index in [-0.39, 0.29) is 11.1 Å². The van der Waals surface area contributed by atoms with Crippen LogP contribution in [0.25, 0.3) is 11.0 Å². The lowest BCUT2D eigenvalue weighted by atomic mass is 10.0. The van der Waals surface area contributed by atoms with E-state index in [0.717, 1.165) is 6.07 Å². The van der Waals surface area contributed by atoms with Gasteiger partial charge in [0.1, 0.15) is 17.3 Å². The van der Waals surface area contributed by atoms with Gasteiger partial charge in [-0.3, -0.25) is 4.79 Å². The van der Waals surface area contributed by atoms with Crippen molar-refractivity contribution in [2.24, 2.45) is 0 Å². The second-order valence-electron chi connectivity index (χ2n) is 4.66. The highest BCUT2D eigenvalue weighted by atomic mass is 79.9. The van der Waals surface area contributed by atoms with Gasteiger partial charge in [0.15, 0.2) is 5.78 Å². The van der Waals surface area contributed by atoms with Crippen LogP contribution in [-0.2, 0) is 0 Å². The molecule has 106 valence electrons. The number of fused-ring (bicyclic) bond motifs is 1. The first-order chi connectivity index (χ1) is 9.97. The SMILES string of the molecule is Cc1cc(C(=O)c2c[nH]c3ncc(Br)cc23)c(F)cc1F.